The summed E-state index contributed by atoms with van der Waals surface area (Å²) < 4.78 is 10.4. The second kappa shape index (κ2) is 9.57. The lowest BCUT2D eigenvalue weighted by molar-refractivity contribution is -0.153. The Labute approximate surface area is 166 Å². The normalized spacial score (nSPS) is 17.7. The fourth-order valence-electron chi connectivity index (χ4n) is 3.21. The predicted molar refractivity (Wildman–Crippen MR) is 105 cm³/mol. The van der Waals surface area contributed by atoms with E-state index in [-0.39, 0.29) is 12.5 Å². The van der Waals surface area contributed by atoms with Gasteiger partial charge in [-0.05, 0) is 46.1 Å². The van der Waals surface area contributed by atoms with Crippen molar-refractivity contribution in [2.45, 2.75) is 64.6 Å². The molecule has 0 bridgehead atoms. The number of ether oxygens (including phenoxy) is 2. The highest BCUT2D eigenvalue weighted by Crippen LogP contribution is 2.21. The van der Waals surface area contributed by atoms with E-state index in [0.29, 0.717) is 19.4 Å². The maximum absolute atomic E-state index is 13.2. The van der Waals surface area contributed by atoms with Crippen molar-refractivity contribution in [3.05, 3.63) is 35.9 Å². The topological polar surface area (TPSA) is 84.9 Å². The molecule has 0 saturated carbocycles. The first-order valence-electron chi connectivity index (χ1n) is 9.72. The standard InChI is InChI=1S/C21H30N2O5/c1-5-27-19(25)17-12-9-13-23(17)18(24)16(14-15-10-7-6-8-11-15)22-20(26)28-21(2,3)4/h6-8,10-11,16-17H,5,9,12-14H2,1-4H3,(H,22,26)/t16-,17-/m0/s1. The van der Waals surface area contributed by atoms with Crippen LogP contribution in [0.2, 0.25) is 0 Å². The molecule has 1 aliphatic rings. The third-order valence-corrected chi connectivity index (χ3v) is 4.37. The Morgan fingerprint density at radius 3 is 2.50 bits per heavy atom. The van der Waals surface area contributed by atoms with Crippen molar-refractivity contribution < 1.29 is 23.9 Å². The zero-order chi connectivity index (χ0) is 20.7. The zero-order valence-electron chi connectivity index (χ0n) is 17.1. The molecular formula is C21H30N2O5. The van der Waals surface area contributed by atoms with Crippen LogP contribution >= 0.6 is 0 Å². The van der Waals surface area contributed by atoms with E-state index >= 15 is 0 Å². The summed E-state index contributed by atoms with van der Waals surface area (Å²) in [5.41, 5.74) is 0.231. The summed E-state index contributed by atoms with van der Waals surface area (Å²) in [6, 6.07) is 7.99. The summed E-state index contributed by atoms with van der Waals surface area (Å²) >= 11 is 0. The predicted octanol–water partition coefficient (Wildman–Crippen LogP) is 2.68. The minimum absolute atomic E-state index is 0.265. The quantitative estimate of drug-likeness (QED) is 0.755. The van der Waals surface area contributed by atoms with Gasteiger partial charge in [0.1, 0.15) is 17.7 Å². The summed E-state index contributed by atoms with van der Waals surface area (Å²) in [7, 11) is 0. The lowest BCUT2D eigenvalue weighted by Crippen LogP contribution is -2.53. The highest BCUT2D eigenvalue weighted by Gasteiger charge is 2.38. The van der Waals surface area contributed by atoms with Crippen LogP contribution in [0.3, 0.4) is 0 Å². The van der Waals surface area contributed by atoms with Gasteiger partial charge < -0.3 is 19.7 Å². The van der Waals surface area contributed by atoms with Crippen molar-refractivity contribution in [2.24, 2.45) is 0 Å². The third-order valence-electron chi connectivity index (χ3n) is 4.37. The number of likely N-dealkylation sites (tertiary alicyclic amines) is 1. The molecule has 1 saturated heterocycles. The molecule has 1 aromatic rings. The Morgan fingerprint density at radius 2 is 1.89 bits per heavy atom. The number of rotatable bonds is 6. The molecule has 0 aromatic heterocycles. The Morgan fingerprint density at radius 1 is 1.21 bits per heavy atom. The molecule has 154 valence electrons. The van der Waals surface area contributed by atoms with Crippen LogP contribution in [0, 0.1) is 0 Å². The largest absolute Gasteiger partial charge is 0.464 e. The molecule has 1 aromatic carbocycles. The van der Waals surface area contributed by atoms with Gasteiger partial charge in [-0.3, -0.25) is 4.79 Å². The first-order chi connectivity index (χ1) is 13.2. The molecule has 7 heteroatoms. The van der Waals surface area contributed by atoms with E-state index in [2.05, 4.69) is 5.32 Å². The molecular weight excluding hydrogens is 360 g/mol. The molecule has 0 spiro atoms. The Hall–Kier alpha value is -2.57. The van der Waals surface area contributed by atoms with Crippen LogP contribution in [0.4, 0.5) is 4.79 Å². The first kappa shape index (κ1) is 21.7. The number of carbonyl (C=O) groups is 3. The SMILES string of the molecule is CCOC(=O)[C@@H]1CCCN1C(=O)[C@H](Cc1ccccc1)NC(=O)OC(C)(C)C. The molecule has 0 aliphatic carbocycles. The monoisotopic (exact) mass is 390 g/mol. The second-order valence-corrected chi connectivity index (χ2v) is 7.83. The van der Waals surface area contributed by atoms with Gasteiger partial charge >= 0.3 is 12.1 Å². The van der Waals surface area contributed by atoms with Crippen LogP contribution in [-0.4, -0.2) is 53.7 Å². The number of alkyl carbamates (subject to hydrolysis) is 1. The maximum atomic E-state index is 13.2. The van der Waals surface area contributed by atoms with Crippen LogP contribution < -0.4 is 5.32 Å². The van der Waals surface area contributed by atoms with Crippen molar-refractivity contribution in [2.75, 3.05) is 13.2 Å². The van der Waals surface area contributed by atoms with Gasteiger partial charge in [-0.15, -0.1) is 0 Å². The van der Waals surface area contributed by atoms with Gasteiger partial charge in [-0.25, -0.2) is 9.59 Å². The molecule has 0 unspecified atom stereocenters. The van der Waals surface area contributed by atoms with Crippen LogP contribution in [-0.2, 0) is 25.5 Å². The van der Waals surface area contributed by atoms with E-state index in [1.54, 1.807) is 27.7 Å². The van der Waals surface area contributed by atoms with Crippen LogP contribution in [0.1, 0.15) is 46.1 Å². The summed E-state index contributed by atoms with van der Waals surface area (Å²) in [6.45, 7) is 7.75. The molecule has 7 nitrogen and oxygen atoms in total. The number of carbonyl (C=O) groups excluding carboxylic acids is 3. The van der Waals surface area contributed by atoms with Crippen molar-refractivity contribution in [3.63, 3.8) is 0 Å². The lowest BCUT2D eigenvalue weighted by atomic mass is 10.0. The molecule has 1 fully saturated rings. The molecule has 2 atom stereocenters. The molecule has 2 amide bonds. The highest BCUT2D eigenvalue weighted by molar-refractivity contribution is 5.90. The average molecular weight is 390 g/mol. The third kappa shape index (κ3) is 6.25. The molecule has 1 aliphatic heterocycles. The number of benzene rings is 1. The molecule has 1 heterocycles. The van der Waals surface area contributed by atoms with Gasteiger partial charge in [0.15, 0.2) is 0 Å². The van der Waals surface area contributed by atoms with Gasteiger partial charge in [-0.1, -0.05) is 30.3 Å². The summed E-state index contributed by atoms with van der Waals surface area (Å²) in [6.07, 6.45) is 0.938. The number of esters is 1. The zero-order valence-corrected chi connectivity index (χ0v) is 17.1. The van der Waals surface area contributed by atoms with Gasteiger partial charge in [-0.2, -0.15) is 0 Å². The van der Waals surface area contributed by atoms with E-state index in [9.17, 15) is 14.4 Å². The smallest absolute Gasteiger partial charge is 0.408 e. The fraction of sp³-hybridized carbons (Fsp3) is 0.571. The number of nitrogens with zero attached hydrogens (tertiary/aromatic N) is 1. The number of hydrogen-bond donors (Lipinski definition) is 1. The van der Waals surface area contributed by atoms with Gasteiger partial charge in [0, 0.05) is 13.0 Å². The van der Waals surface area contributed by atoms with Gasteiger partial charge in [0.2, 0.25) is 5.91 Å². The first-order valence-corrected chi connectivity index (χ1v) is 9.72. The van der Waals surface area contributed by atoms with E-state index in [4.69, 9.17) is 9.47 Å². The summed E-state index contributed by atoms with van der Waals surface area (Å²) in [5, 5.41) is 2.69. The number of amides is 2. The van der Waals surface area contributed by atoms with E-state index in [0.717, 1.165) is 12.0 Å². The number of hydrogen-bond acceptors (Lipinski definition) is 5. The molecule has 0 radical (unpaired) electrons. The van der Waals surface area contributed by atoms with Crippen molar-refractivity contribution in [3.8, 4) is 0 Å². The van der Waals surface area contributed by atoms with Gasteiger partial charge in [0.05, 0.1) is 6.61 Å². The minimum Gasteiger partial charge on any atom is -0.464 e. The van der Waals surface area contributed by atoms with E-state index < -0.39 is 29.7 Å². The van der Waals surface area contributed by atoms with Crippen molar-refractivity contribution in [1.82, 2.24) is 10.2 Å². The summed E-state index contributed by atoms with van der Waals surface area (Å²) in [5.74, 6) is -0.700. The Kier molecular flexibility index (Phi) is 7.43. The molecule has 28 heavy (non-hydrogen) atoms. The minimum atomic E-state index is -0.827. The molecule has 1 N–H and O–H groups in total. The Balaban J connectivity index is 2.18. The molecule has 2 rings (SSSR count). The van der Waals surface area contributed by atoms with E-state index in [1.165, 1.54) is 4.90 Å². The van der Waals surface area contributed by atoms with Crippen LogP contribution in [0.15, 0.2) is 30.3 Å². The maximum Gasteiger partial charge on any atom is 0.408 e. The van der Waals surface area contributed by atoms with Crippen LogP contribution in [0.25, 0.3) is 0 Å². The van der Waals surface area contributed by atoms with Gasteiger partial charge in [0.25, 0.3) is 0 Å². The second-order valence-electron chi connectivity index (χ2n) is 7.83. The highest BCUT2D eigenvalue weighted by atomic mass is 16.6. The number of nitrogens with one attached hydrogen (secondary N) is 1. The fourth-order valence-corrected chi connectivity index (χ4v) is 3.21. The summed E-state index contributed by atoms with van der Waals surface area (Å²) in [4.78, 5) is 39.3. The van der Waals surface area contributed by atoms with Crippen LogP contribution in [0.5, 0.6) is 0 Å². The Bertz CT molecular complexity index is 684. The lowest BCUT2D eigenvalue weighted by Gasteiger charge is -2.29. The van der Waals surface area contributed by atoms with E-state index in [1.807, 2.05) is 30.3 Å². The van der Waals surface area contributed by atoms with Crippen molar-refractivity contribution in [1.29, 1.82) is 0 Å². The average Bonchev–Trinajstić information content (AvgIpc) is 3.10. The van der Waals surface area contributed by atoms with Crippen molar-refractivity contribution >= 4 is 18.0 Å².